The lowest BCUT2D eigenvalue weighted by molar-refractivity contribution is -0.121. The van der Waals surface area contributed by atoms with Gasteiger partial charge in [0, 0.05) is 35.1 Å². The van der Waals surface area contributed by atoms with Crippen molar-refractivity contribution >= 4 is 5.91 Å². The number of rotatable bonds is 5. The van der Waals surface area contributed by atoms with Gasteiger partial charge in [-0.25, -0.2) is 4.98 Å². The van der Waals surface area contributed by atoms with Crippen molar-refractivity contribution < 1.29 is 4.79 Å². The van der Waals surface area contributed by atoms with E-state index >= 15 is 0 Å². The molecule has 146 valence electrons. The summed E-state index contributed by atoms with van der Waals surface area (Å²) in [6, 6.07) is 9.23. The zero-order chi connectivity index (χ0) is 20.4. The molecule has 2 aromatic heterocycles. The van der Waals surface area contributed by atoms with Gasteiger partial charge in [-0.05, 0) is 27.7 Å². The highest BCUT2D eigenvalue weighted by Gasteiger charge is 2.20. The van der Waals surface area contributed by atoms with E-state index in [-0.39, 0.29) is 23.9 Å². The second-order valence-electron chi connectivity index (χ2n) is 7.02. The van der Waals surface area contributed by atoms with Crippen LogP contribution in [0.1, 0.15) is 41.2 Å². The molecular formula is C21H25N5O2. The molecule has 1 amide bonds. The maximum absolute atomic E-state index is 12.6. The van der Waals surface area contributed by atoms with Crippen LogP contribution in [0.2, 0.25) is 0 Å². The van der Waals surface area contributed by atoms with Crippen LogP contribution in [-0.2, 0) is 18.3 Å². The number of carbonyl (C=O) groups excluding carboxylic acids is 1. The van der Waals surface area contributed by atoms with Gasteiger partial charge < -0.3 is 10.3 Å². The van der Waals surface area contributed by atoms with Gasteiger partial charge in [0.1, 0.15) is 5.82 Å². The predicted molar refractivity (Wildman–Crippen MR) is 108 cm³/mol. The Bertz CT molecular complexity index is 1070. The van der Waals surface area contributed by atoms with E-state index in [4.69, 9.17) is 0 Å². The molecule has 0 saturated heterocycles. The molecule has 0 fully saturated rings. The lowest BCUT2D eigenvalue weighted by atomic mass is 10.1. The monoisotopic (exact) mass is 379 g/mol. The van der Waals surface area contributed by atoms with Crippen molar-refractivity contribution in [2.45, 2.75) is 40.2 Å². The number of hydrogen-bond donors (Lipinski definition) is 2. The van der Waals surface area contributed by atoms with Crippen molar-refractivity contribution in [3.05, 3.63) is 68.9 Å². The molecule has 7 nitrogen and oxygen atoms in total. The van der Waals surface area contributed by atoms with E-state index in [9.17, 15) is 9.59 Å². The summed E-state index contributed by atoms with van der Waals surface area (Å²) in [6.07, 6.45) is -0.0219. The summed E-state index contributed by atoms with van der Waals surface area (Å²) in [7, 11) is 1.88. The molecule has 0 aliphatic carbocycles. The van der Waals surface area contributed by atoms with E-state index in [0.29, 0.717) is 17.1 Å². The quantitative estimate of drug-likeness (QED) is 0.712. The zero-order valence-electron chi connectivity index (χ0n) is 16.8. The van der Waals surface area contributed by atoms with Crippen molar-refractivity contribution in [1.82, 2.24) is 25.1 Å². The summed E-state index contributed by atoms with van der Waals surface area (Å²) >= 11 is 0. The molecule has 0 bridgehead atoms. The van der Waals surface area contributed by atoms with Gasteiger partial charge in [0.05, 0.1) is 18.2 Å². The van der Waals surface area contributed by atoms with E-state index in [1.807, 2.05) is 58.2 Å². The van der Waals surface area contributed by atoms with Crippen molar-refractivity contribution in [1.29, 1.82) is 0 Å². The molecule has 2 N–H and O–H groups in total. The van der Waals surface area contributed by atoms with Gasteiger partial charge in [0.2, 0.25) is 5.91 Å². The standard InChI is InChI=1S/C21H25N5O2/c1-12-17(21(28)24-20(23-12)16-9-7-6-8-10-16)11-18(27)22-13(2)19-14(3)25-26(5)15(19)4/h6-10,13H,11H2,1-5H3,(H,22,27)(H,23,24,28)/t13-/m1/s1. The van der Waals surface area contributed by atoms with E-state index in [0.717, 1.165) is 22.5 Å². The fraction of sp³-hybridized carbons (Fsp3) is 0.333. The molecule has 0 aliphatic rings. The molecule has 0 spiro atoms. The third-order valence-corrected chi connectivity index (χ3v) is 4.98. The normalized spacial score (nSPS) is 12.0. The van der Waals surface area contributed by atoms with Crippen LogP contribution in [0.4, 0.5) is 0 Å². The average molecular weight is 379 g/mol. The lowest BCUT2D eigenvalue weighted by Gasteiger charge is -2.15. The third-order valence-electron chi connectivity index (χ3n) is 4.98. The second-order valence-corrected chi connectivity index (χ2v) is 7.02. The Balaban J connectivity index is 1.78. The second kappa shape index (κ2) is 7.80. The highest BCUT2D eigenvalue weighted by Crippen LogP contribution is 2.21. The predicted octanol–water partition coefficient (Wildman–Crippen LogP) is 2.52. The van der Waals surface area contributed by atoms with Crippen LogP contribution < -0.4 is 10.9 Å². The molecule has 7 heteroatoms. The molecule has 1 atom stereocenters. The molecule has 0 aliphatic heterocycles. The fourth-order valence-corrected chi connectivity index (χ4v) is 3.49. The molecule has 28 heavy (non-hydrogen) atoms. The highest BCUT2D eigenvalue weighted by molar-refractivity contribution is 5.79. The summed E-state index contributed by atoms with van der Waals surface area (Å²) < 4.78 is 1.80. The van der Waals surface area contributed by atoms with Gasteiger partial charge in [0.25, 0.3) is 5.56 Å². The maximum Gasteiger partial charge on any atom is 0.255 e. The van der Waals surface area contributed by atoms with Gasteiger partial charge in [0.15, 0.2) is 0 Å². The van der Waals surface area contributed by atoms with Crippen LogP contribution in [0, 0.1) is 20.8 Å². The smallest absolute Gasteiger partial charge is 0.255 e. The van der Waals surface area contributed by atoms with Gasteiger partial charge in [-0.2, -0.15) is 5.10 Å². The molecular weight excluding hydrogens is 354 g/mol. The van der Waals surface area contributed by atoms with Crippen LogP contribution in [0.15, 0.2) is 35.1 Å². The Morgan fingerprint density at radius 3 is 2.43 bits per heavy atom. The minimum atomic E-state index is -0.289. The third kappa shape index (κ3) is 3.88. The minimum absolute atomic E-state index is 0.0219. The van der Waals surface area contributed by atoms with Gasteiger partial charge in [-0.15, -0.1) is 0 Å². The van der Waals surface area contributed by atoms with Crippen LogP contribution >= 0.6 is 0 Å². The van der Waals surface area contributed by atoms with E-state index in [1.54, 1.807) is 11.6 Å². The van der Waals surface area contributed by atoms with Crippen LogP contribution in [0.3, 0.4) is 0 Å². The van der Waals surface area contributed by atoms with Crippen LogP contribution in [0.25, 0.3) is 11.4 Å². The first-order chi connectivity index (χ1) is 13.3. The summed E-state index contributed by atoms with van der Waals surface area (Å²) in [5, 5.41) is 7.36. The number of aryl methyl sites for hydroxylation is 3. The zero-order valence-corrected chi connectivity index (χ0v) is 16.8. The Kier molecular flexibility index (Phi) is 5.44. The first kappa shape index (κ1) is 19.5. The Labute approximate surface area is 163 Å². The molecule has 0 unspecified atom stereocenters. The first-order valence-corrected chi connectivity index (χ1v) is 9.22. The molecule has 2 heterocycles. The Hall–Kier alpha value is -3.22. The number of nitrogens with zero attached hydrogens (tertiary/aromatic N) is 3. The summed E-state index contributed by atoms with van der Waals surface area (Å²) in [5.41, 5.74) is 4.36. The highest BCUT2D eigenvalue weighted by atomic mass is 16.2. The van der Waals surface area contributed by atoms with E-state index < -0.39 is 0 Å². The maximum atomic E-state index is 12.6. The SMILES string of the molecule is Cc1nn(C)c(C)c1[C@@H](C)NC(=O)Cc1c(C)nc(-c2ccccc2)[nH]c1=O. The molecule has 3 rings (SSSR count). The number of aromatic nitrogens is 4. The Morgan fingerprint density at radius 2 is 1.86 bits per heavy atom. The number of hydrogen-bond acceptors (Lipinski definition) is 4. The van der Waals surface area contributed by atoms with Gasteiger partial charge >= 0.3 is 0 Å². The summed E-state index contributed by atoms with van der Waals surface area (Å²) in [6.45, 7) is 7.57. The van der Waals surface area contributed by atoms with Crippen molar-refractivity contribution in [2.24, 2.45) is 7.05 Å². The number of aromatic amines is 1. The average Bonchev–Trinajstić information content (AvgIpc) is 2.90. The van der Waals surface area contributed by atoms with Gasteiger partial charge in [-0.1, -0.05) is 30.3 Å². The number of benzene rings is 1. The van der Waals surface area contributed by atoms with Crippen molar-refractivity contribution in [2.75, 3.05) is 0 Å². The van der Waals surface area contributed by atoms with Crippen LogP contribution in [-0.4, -0.2) is 25.7 Å². The number of H-pyrrole nitrogens is 1. The van der Waals surface area contributed by atoms with Crippen molar-refractivity contribution in [3.8, 4) is 11.4 Å². The number of carbonyl (C=O) groups is 1. The number of nitrogens with one attached hydrogen (secondary N) is 2. The largest absolute Gasteiger partial charge is 0.349 e. The fourth-order valence-electron chi connectivity index (χ4n) is 3.49. The van der Waals surface area contributed by atoms with Crippen molar-refractivity contribution in [3.63, 3.8) is 0 Å². The molecule has 0 radical (unpaired) electrons. The lowest BCUT2D eigenvalue weighted by Crippen LogP contribution is -2.31. The summed E-state index contributed by atoms with van der Waals surface area (Å²) in [4.78, 5) is 32.4. The first-order valence-electron chi connectivity index (χ1n) is 9.22. The summed E-state index contributed by atoms with van der Waals surface area (Å²) in [5.74, 6) is 0.278. The van der Waals surface area contributed by atoms with Crippen LogP contribution in [0.5, 0.6) is 0 Å². The molecule has 0 saturated carbocycles. The topological polar surface area (TPSA) is 92.7 Å². The molecule has 3 aromatic rings. The Morgan fingerprint density at radius 1 is 1.18 bits per heavy atom. The van der Waals surface area contributed by atoms with Gasteiger partial charge in [-0.3, -0.25) is 14.3 Å². The van der Waals surface area contributed by atoms with E-state index in [2.05, 4.69) is 20.4 Å². The minimum Gasteiger partial charge on any atom is -0.349 e. The van der Waals surface area contributed by atoms with E-state index in [1.165, 1.54) is 0 Å². The molecule has 1 aromatic carbocycles. The number of amides is 1.